The van der Waals surface area contributed by atoms with Crippen LogP contribution in [0.4, 0.5) is 0 Å². The Morgan fingerprint density at radius 2 is 2.39 bits per heavy atom. The standard InChI is InChI=1S/C13H19N3O2/c1-9-3-10(6-15-5-9)7-16-8-11(18-2)4-12(16)13(14)17/h3,5-6,11-12H,4,7-8H2,1-2H3,(H2,14,17)/t11-,12-/m0/s1. The Morgan fingerprint density at radius 1 is 1.61 bits per heavy atom. The van der Waals surface area contributed by atoms with Gasteiger partial charge in [-0.15, -0.1) is 0 Å². The Hall–Kier alpha value is -1.46. The summed E-state index contributed by atoms with van der Waals surface area (Å²) in [5.41, 5.74) is 7.65. The lowest BCUT2D eigenvalue weighted by Gasteiger charge is -2.21. The maximum atomic E-state index is 11.4. The molecular weight excluding hydrogens is 230 g/mol. The molecule has 1 saturated heterocycles. The van der Waals surface area contributed by atoms with Gasteiger partial charge in [0.15, 0.2) is 0 Å². The van der Waals surface area contributed by atoms with E-state index in [0.29, 0.717) is 13.0 Å². The van der Waals surface area contributed by atoms with Crippen LogP contribution in [0.3, 0.4) is 0 Å². The molecule has 2 rings (SSSR count). The molecule has 0 aliphatic carbocycles. The molecule has 2 atom stereocenters. The molecule has 0 radical (unpaired) electrons. The highest BCUT2D eigenvalue weighted by Crippen LogP contribution is 2.22. The number of ether oxygens (including phenoxy) is 1. The number of pyridine rings is 1. The monoisotopic (exact) mass is 249 g/mol. The predicted molar refractivity (Wildman–Crippen MR) is 67.8 cm³/mol. The first-order valence-electron chi connectivity index (χ1n) is 6.07. The van der Waals surface area contributed by atoms with E-state index < -0.39 is 0 Å². The largest absolute Gasteiger partial charge is 0.380 e. The van der Waals surface area contributed by atoms with Crippen LogP contribution in [0.1, 0.15) is 17.5 Å². The van der Waals surface area contributed by atoms with E-state index >= 15 is 0 Å². The van der Waals surface area contributed by atoms with Gasteiger partial charge in [-0.05, 0) is 24.5 Å². The van der Waals surface area contributed by atoms with Gasteiger partial charge in [0.05, 0.1) is 12.1 Å². The fourth-order valence-electron chi connectivity index (χ4n) is 2.44. The highest BCUT2D eigenvalue weighted by molar-refractivity contribution is 5.80. The summed E-state index contributed by atoms with van der Waals surface area (Å²) in [5, 5.41) is 0. The van der Waals surface area contributed by atoms with Crippen molar-refractivity contribution in [2.45, 2.75) is 32.0 Å². The number of aromatic nitrogens is 1. The van der Waals surface area contributed by atoms with Gasteiger partial charge >= 0.3 is 0 Å². The zero-order valence-electron chi connectivity index (χ0n) is 10.8. The summed E-state index contributed by atoms with van der Waals surface area (Å²) in [5.74, 6) is -0.282. The van der Waals surface area contributed by atoms with Crippen LogP contribution in [0.15, 0.2) is 18.5 Å². The van der Waals surface area contributed by atoms with Gasteiger partial charge in [-0.25, -0.2) is 0 Å². The molecule has 1 fully saturated rings. The number of hydrogen-bond acceptors (Lipinski definition) is 4. The van der Waals surface area contributed by atoms with Crippen LogP contribution in [-0.2, 0) is 16.1 Å². The third-order valence-electron chi connectivity index (χ3n) is 3.34. The van der Waals surface area contributed by atoms with Gasteiger partial charge in [-0.3, -0.25) is 14.7 Å². The van der Waals surface area contributed by atoms with E-state index in [9.17, 15) is 4.79 Å². The molecule has 18 heavy (non-hydrogen) atoms. The summed E-state index contributed by atoms with van der Waals surface area (Å²) in [7, 11) is 1.67. The molecule has 1 aromatic heterocycles. The highest BCUT2D eigenvalue weighted by atomic mass is 16.5. The maximum absolute atomic E-state index is 11.4. The second-order valence-electron chi connectivity index (χ2n) is 4.81. The normalized spacial score (nSPS) is 24.3. The Bertz CT molecular complexity index is 436. The minimum atomic E-state index is -0.282. The van der Waals surface area contributed by atoms with Crippen molar-refractivity contribution < 1.29 is 9.53 Å². The molecular formula is C13H19N3O2. The number of rotatable bonds is 4. The number of amides is 1. The summed E-state index contributed by atoms with van der Waals surface area (Å²) in [6, 6.07) is 1.83. The van der Waals surface area contributed by atoms with E-state index in [-0.39, 0.29) is 18.1 Å². The molecule has 1 aliphatic heterocycles. The van der Waals surface area contributed by atoms with E-state index in [0.717, 1.165) is 17.7 Å². The fourth-order valence-corrected chi connectivity index (χ4v) is 2.44. The molecule has 2 N–H and O–H groups in total. The van der Waals surface area contributed by atoms with E-state index in [2.05, 4.69) is 16.0 Å². The number of hydrogen-bond donors (Lipinski definition) is 1. The molecule has 5 nitrogen and oxygen atoms in total. The van der Waals surface area contributed by atoms with Crippen LogP contribution in [0.2, 0.25) is 0 Å². The summed E-state index contributed by atoms with van der Waals surface area (Å²) < 4.78 is 5.32. The quantitative estimate of drug-likeness (QED) is 0.842. The van der Waals surface area contributed by atoms with Gasteiger partial charge in [-0.2, -0.15) is 0 Å². The number of aryl methyl sites for hydroxylation is 1. The van der Waals surface area contributed by atoms with Gasteiger partial charge in [0.2, 0.25) is 5.91 Å². The van der Waals surface area contributed by atoms with Crippen LogP contribution in [0.5, 0.6) is 0 Å². The topological polar surface area (TPSA) is 68.5 Å². The summed E-state index contributed by atoms with van der Waals surface area (Å²) in [4.78, 5) is 17.7. The van der Waals surface area contributed by atoms with E-state index in [4.69, 9.17) is 10.5 Å². The molecule has 1 aromatic rings. The molecule has 0 spiro atoms. The first kappa shape index (κ1) is 13.0. The zero-order chi connectivity index (χ0) is 13.1. The van der Waals surface area contributed by atoms with Crippen molar-refractivity contribution in [2.75, 3.05) is 13.7 Å². The van der Waals surface area contributed by atoms with Crippen molar-refractivity contribution in [1.82, 2.24) is 9.88 Å². The van der Waals surface area contributed by atoms with Crippen molar-refractivity contribution in [3.8, 4) is 0 Å². The summed E-state index contributed by atoms with van der Waals surface area (Å²) >= 11 is 0. The van der Waals surface area contributed by atoms with Crippen LogP contribution in [0.25, 0.3) is 0 Å². The van der Waals surface area contributed by atoms with E-state index in [1.54, 1.807) is 7.11 Å². The van der Waals surface area contributed by atoms with Gasteiger partial charge < -0.3 is 10.5 Å². The maximum Gasteiger partial charge on any atom is 0.234 e. The lowest BCUT2D eigenvalue weighted by Crippen LogP contribution is -2.39. The Balaban J connectivity index is 2.09. The second kappa shape index (κ2) is 5.46. The molecule has 1 amide bonds. The van der Waals surface area contributed by atoms with Gasteiger partial charge in [0.25, 0.3) is 0 Å². The summed E-state index contributed by atoms with van der Waals surface area (Å²) in [6.07, 6.45) is 4.40. The van der Waals surface area contributed by atoms with Crippen molar-refractivity contribution >= 4 is 5.91 Å². The third kappa shape index (κ3) is 2.86. The highest BCUT2D eigenvalue weighted by Gasteiger charge is 2.35. The van der Waals surface area contributed by atoms with Crippen LogP contribution in [0, 0.1) is 6.92 Å². The number of primary amides is 1. The van der Waals surface area contributed by atoms with Crippen LogP contribution >= 0.6 is 0 Å². The predicted octanol–water partition coefficient (Wildman–Crippen LogP) is 0.465. The number of nitrogens with zero attached hydrogens (tertiary/aromatic N) is 2. The number of carbonyl (C=O) groups excluding carboxylic acids is 1. The van der Waals surface area contributed by atoms with Gasteiger partial charge in [-0.1, -0.05) is 6.07 Å². The van der Waals surface area contributed by atoms with E-state index in [1.807, 2.05) is 19.3 Å². The number of likely N-dealkylation sites (tertiary alicyclic amines) is 1. The number of carbonyl (C=O) groups is 1. The smallest absolute Gasteiger partial charge is 0.234 e. The van der Waals surface area contributed by atoms with Crippen molar-refractivity contribution in [3.05, 3.63) is 29.6 Å². The van der Waals surface area contributed by atoms with Gasteiger partial charge in [0, 0.05) is 32.6 Å². The zero-order valence-corrected chi connectivity index (χ0v) is 10.8. The first-order valence-corrected chi connectivity index (χ1v) is 6.07. The molecule has 0 saturated carbocycles. The first-order chi connectivity index (χ1) is 8.60. The second-order valence-corrected chi connectivity index (χ2v) is 4.81. The van der Waals surface area contributed by atoms with Crippen LogP contribution in [-0.4, -0.2) is 41.6 Å². The molecule has 98 valence electrons. The SMILES string of the molecule is CO[C@H]1C[C@@H](C(N)=O)N(Cc2cncc(C)c2)C1. The lowest BCUT2D eigenvalue weighted by atomic mass is 10.1. The number of methoxy groups -OCH3 is 1. The average Bonchev–Trinajstić information content (AvgIpc) is 2.72. The molecule has 5 heteroatoms. The minimum Gasteiger partial charge on any atom is -0.380 e. The number of nitrogens with two attached hydrogens (primary N) is 1. The van der Waals surface area contributed by atoms with Gasteiger partial charge in [0.1, 0.15) is 0 Å². The fraction of sp³-hybridized carbons (Fsp3) is 0.538. The molecule has 0 aromatic carbocycles. The van der Waals surface area contributed by atoms with Crippen molar-refractivity contribution in [3.63, 3.8) is 0 Å². The summed E-state index contributed by atoms with van der Waals surface area (Å²) in [6.45, 7) is 3.42. The Morgan fingerprint density at radius 3 is 3.00 bits per heavy atom. The lowest BCUT2D eigenvalue weighted by molar-refractivity contribution is -0.122. The Kier molecular flexibility index (Phi) is 3.93. The minimum absolute atomic E-state index is 0.0836. The van der Waals surface area contributed by atoms with E-state index in [1.165, 1.54) is 0 Å². The molecule has 1 aliphatic rings. The average molecular weight is 249 g/mol. The van der Waals surface area contributed by atoms with Crippen molar-refractivity contribution in [1.29, 1.82) is 0 Å². The third-order valence-corrected chi connectivity index (χ3v) is 3.34. The Labute approximate surface area is 107 Å². The molecule has 2 heterocycles. The molecule has 0 bridgehead atoms. The van der Waals surface area contributed by atoms with Crippen LogP contribution < -0.4 is 5.73 Å². The molecule has 0 unspecified atom stereocenters. The van der Waals surface area contributed by atoms with Crippen molar-refractivity contribution in [2.24, 2.45) is 5.73 Å².